The molecule has 0 aliphatic carbocycles. The van der Waals surface area contributed by atoms with E-state index in [2.05, 4.69) is 13.0 Å². The molecule has 0 spiro atoms. The van der Waals surface area contributed by atoms with Crippen molar-refractivity contribution in [1.82, 2.24) is 0 Å². The van der Waals surface area contributed by atoms with Crippen LogP contribution < -0.4 is 5.73 Å². The third kappa shape index (κ3) is 2.84. The first-order valence-corrected chi connectivity index (χ1v) is 3.80. The van der Waals surface area contributed by atoms with Crippen molar-refractivity contribution in [2.24, 2.45) is 11.1 Å². The van der Waals surface area contributed by atoms with Crippen LogP contribution in [0.25, 0.3) is 0 Å². The molecule has 0 bridgehead atoms. The average molecular weight is 140 g/mol. The van der Waals surface area contributed by atoms with Crippen molar-refractivity contribution < 1.29 is 0 Å². The minimum absolute atomic E-state index is 0.177. The van der Waals surface area contributed by atoms with Gasteiger partial charge in [-0.25, -0.2) is 0 Å². The predicted molar refractivity (Wildman–Crippen MR) is 42.3 cm³/mol. The topological polar surface area (TPSA) is 49.8 Å². The molecule has 0 amide bonds. The molecule has 0 aromatic heterocycles. The summed E-state index contributed by atoms with van der Waals surface area (Å²) in [4.78, 5) is 0. The second-order valence-corrected chi connectivity index (χ2v) is 2.96. The summed E-state index contributed by atoms with van der Waals surface area (Å²) in [7, 11) is 0. The number of nitriles is 1. The van der Waals surface area contributed by atoms with Gasteiger partial charge in [-0.05, 0) is 26.3 Å². The molecule has 0 aliphatic rings. The van der Waals surface area contributed by atoms with Gasteiger partial charge in [-0.1, -0.05) is 13.3 Å². The van der Waals surface area contributed by atoms with E-state index in [1.54, 1.807) is 0 Å². The third-order valence-corrected chi connectivity index (χ3v) is 1.77. The highest BCUT2D eigenvalue weighted by atomic mass is 14.5. The highest BCUT2D eigenvalue weighted by Gasteiger charge is 2.20. The fourth-order valence-electron chi connectivity index (χ4n) is 1.11. The molecule has 1 atom stereocenters. The Morgan fingerprint density at radius 1 is 1.50 bits per heavy atom. The minimum atomic E-state index is -0.177. The lowest BCUT2D eigenvalue weighted by molar-refractivity contribution is 0.375. The van der Waals surface area contributed by atoms with Crippen molar-refractivity contribution >= 4 is 0 Å². The van der Waals surface area contributed by atoms with Gasteiger partial charge in [-0.15, -0.1) is 0 Å². The van der Waals surface area contributed by atoms with Crippen LogP contribution in [0.3, 0.4) is 0 Å². The summed E-state index contributed by atoms with van der Waals surface area (Å²) in [5.41, 5.74) is 5.19. The number of nitrogens with zero attached hydrogens (tertiary/aromatic N) is 1. The van der Waals surface area contributed by atoms with Gasteiger partial charge in [0.2, 0.25) is 0 Å². The predicted octanol–water partition coefficient (Wildman–Crippen LogP) is 1.67. The molecule has 0 aromatic rings. The van der Waals surface area contributed by atoms with E-state index in [-0.39, 0.29) is 5.41 Å². The fraction of sp³-hybridized carbons (Fsp3) is 0.875. The minimum Gasteiger partial charge on any atom is -0.330 e. The molecule has 0 rings (SSSR count). The quantitative estimate of drug-likeness (QED) is 0.645. The van der Waals surface area contributed by atoms with E-state index < -0.39 is 0 Å². The first-order chi connectivity index (χ1) is 4.68. The summed E-state index contributed by atoms with van der Waals surface area (Å²) >= 11 is 0. The van der Waals surface area contributed by atoms with E-state index in [0.717, 1.165) is 19.3 Å². The molecule has 58 valence electrons. The number of nitrogens with two attached hydrogens (primary N) is 1. The van der Waals surface area contributed by atoms with Crippen LogP contribution in [-0.4, -0.2) is 6.54 Å². The maximum Gasteiger partial charge on any atom is 0.0687 e. The first kappa shape index (κ1) is 9.45. The summed E-state index contributed by atoms with van der Waals surface area (Å²) < 4.78 is 0. The molecule has 0 radical (unpaired) electrons. The standard InChI is InChI=1S/C8H16N2/c1-3-4-8(2,7-10)5-6-9/h3-6,9H2,1-2H3. The molecule has 0 saturated carbocycles. The van der Waals surface area contributed by atoms with Crippen LogP contribution >= 0.6 is 0 Å². The summed E-state index contributed by atoms with van der Waals surface area (Å²) in [6.07, 6.45) is 2.84. The third-order valence-electron chi connectivity index (χ3n) is 1.77. The van der Waals surface area contributed by atoms with Crippen LogP contribution in [0.4, 0.5) is 0 Å². The van der Waals surface area contributed by atoms with Crippen LogP contribution in [0, 0.1) is 16.7 Å². The lowest BCUT2D eigenvalue weighted by Crippen LogP contribution is -2.18. The van der Waals surface area contributed by atoms with Crippen molar-refractivity contribution in [3.63, 3.8) is 0 Å². The maximum atomic E-state index is 8.74. The van der Waals surface area contributed by atoms with Gasteiger partial charge in [-0.3, -0.25) is 0 Å². The van der Waals surface area contributed by atoms with Gasteiger partial charge >= 0.3 is 0 Å². The second kappa shape index (κ2) is 4.29. The molecule has 0 saturated heterocycles. The Morgan fingerprint density at radius 3 is 2.40 bits per heavy atom. The van der Waals surface area contributed by atoms with Crippen LogP contribution in [0.15, 0.2) is 0 Å². The summed E-state index contributed by atoms with van der Waals surface area (Å²) in [5, 5.41) is 8.74. The molecular weight excluding hydrogens is 124 g/mol. The van der Waals surface area contributed by atoms with Gasteiger partial charge < -0.3 is 5.73 Å². The van der Waals surface area contributed by atoms with Crippen molar-refractivity contribution in [1.29, 1.82) is 5.26 Å². The zero-order chi connectivity index (χ0) is 8.04. The normalized spacial score (nSPS) is 15.8. The van der Waals surface area contributed by atoms with E-state index in [9.17, 15) is 0 Å². The van der Waals surface area contributed by atoms with E-state index in [1.165, 1.54) is 0 Å². The Kier molecular flexibility index (Phi) is 4.06. The van der Waals surface area contributed by atoms with E-state index in [1.807, 2.05) is 6.92 Å². The maximum absolute atomic E-state index is 8.74. The first-order valence-electron chi connectivity index (χ1n) is 3.80. The van der Waals surface area contributed by atoms with Crippen LogP contribution in [0.1, 0.15) is 33.1 Å². The fourth-order valence-corrected chi connectivity index (χ4v) is 1.11. The Bertz CT molecular complexity index is 118. The molecule has 1 unspecified atom stereocenters. The average Bonchev–Trinajstić information content (AvgIpc) is 1.89. The summed E-state index contributed by atoms with van der Waals surface area (Å²) in [6.45, 7) is 4.68. The Hall–Kier alpha value is -0.550. The highest BCUT2D eigenvalue weighted by Crippen LogP contribution is 2.25. The molecule has 2 nitrogen and oxygen atoms in total. The van der Waals surface area contributed by atoms with Crippen molar-refractivity contribution in [3.05, 3.63) is 0 Å². The number of hydrogen-bond donors (Lipinski definition) is 1. The van der Waals surface area contributed by atoms with Gasteiger partial charge in [-0.2, -0.15) is 5.26 Å². The molecule has 2 heteroatoms. The SMILES string of the molecule is CCCC(C)(C#N)CCN. The smallest absolute Gasteiger partial charge is 0.0687 e. The summed E-state index contributed by atoms with van der Waals surface area (Å²) in [6, 6.07) is 2.30. The Balaban J connectivity index is 3.85. The Labute approximate surface area is 63.0 Å². The molecule has 2 N–H and O–H groups in total. The molecule has 0 aliphatic heterocycles. The van der Waals surface area contributed by atoms with E-state index in [4.69, 9.17) is 11.0 Å². The summed E-state index contributed by atoms with van der Waals surface area (Å²) in [5.74, 6) is 0. The largest absolute Gasteiger partial charge is 0.330 e. The molecule has 0 aromatic carbocycles. The molecule has 0 heterocycles. The molecular formula is C8H16N2. The van der Waals surface area contributed by atoms with Gasteiger partial charge in [0.1, 0.15) is 0 Å². The van der Waals surface area contributed by atoms with Crippen molar-refractivity contribution in [3.8, 4) is 6.07 Å². The van der Waals surface area contributed by atoms with E-state index >= 15 is 0 Å². The van der Waals surface area contributed by atoms with Gasteiger partial charge in [0.05, 0.1) is 11.5 Å². The highest BCUT2D eigenvalue weighted by molar-refractivity contribution is 4.94. The second-order valence-electron chi connectivity index (χ2n) is 2.96. The molecule has 10 heavy (non-hydrogen) atoms. The van der Waals surface area contributed by atoms with Gasteiger partial charge in [0, 0.05) is 0 Å². The number of rotatable bonds is 4. The van der Waals surface area contributed by atoms with Crippen molar-refractivity contribution in [2.45, 2.75) is 33.1 Å². The van der Waals surface area contributed by atoms with Gasteiger partial charge in [0.25, 0.3) is 0 Å². The Morgan fingerprint density at radius 2 is 2.10 bits per heavy atom. The lowest BCUT2D eigenvalue weighted by atomic mass is 9.84. The van der Waals surface area contributed by atoms with Crippen LogP contribution in [-0.2, 0) is 0 Å². The van der Waals surface area contributed by atoms with E-state index in [0.29, 0.717) is 6.54 Å². The zero-order valence-corrected chi connectivity index (χ0v) is 6.85. The zero-order valence-electron chi connectivity index (χ0n) is 6.85. The number of hydrogen-bond acceptors (Lipinski definition) is 2. The van der Waals surface area contributed by atoms with Crippen LogP contribution in [0.2, 0.25) is 0 Å². The monoisotopic (exact) mass is 140 g/mol. The molecule has 0 fully saturated rings. The lowest BCUT2D eigenvalue weighted by Gasteiger charge is -2.18. The van der Waals surface area contributed by atoms with Crippen molar-refractivity contribution in [2.75, 3.05) is 6.54 Å². The van der Waals surface area contributed by atoms with Crippen LogP contribution in [0.5, 0.6) is 0 Å². The van der Waals surface area contributed by atoms with Gasteiger partial charge in [0.15, 0.2) is 0 Å².